The summed E-state index contributed by atoms with van der Waals surface area (Å²) in [6.07, 6.45) is 2.04. The SMILES string of the molecule is c1ccc(-c2cc(-c3ccccc3)nc(-n3c4ccccc4c4ncc5c6ccccc6n(-c6ccccc6)c5c43)c2)cc1. The van der Waals surface area contributed by atoms with Gasteiger partial charge in [0.15, 0.2) is 0 Å². The summed E-state index contributed by atoms with van der Waals surface area (Å²) >= 11 is 0. The van der Waals surface area contributed by atoms with E-state index in [1.165, 1.54) is 5.39 Å². The highest BCUT2D eigenvalue weighted by Crippen LogP contribution is 2.41. The molecule has 0 radical (unpaired) electrons. The van der Waals surface area contributed by atoms with Crippen molar-refractivity contribution in [3.63, 3.8) is 0 Å². The molecule has 0 unspecified atom stereocenters. The lowest BCUT2D eigenvalue weighted by molar-refractivity contribution is 1.08. The second-order valence-electron chi connectivity index (χ2n) is 11.1. The predicted octanol–water partition coefficient (Wildman–Crippen LogP) is 10.0. The van der Waals surface area contributed by atoms with Gasteiger partial charge >= 0.3 is 0 Å². The van der Waals surface area contributed by atoms with Crippen molar-refractivity contribution in [3.05, 3.63) is 158 Å². The van der Waals surface area contributed by atoms with Crippen LogP contribution in [0, 0.1) is 0 Å². The maximum atomic E-state index is 5.36. The number of nitrogens with zero attached hydrogens (tertiary/aromatic N) is 4. The number of hydrogen-bond donors (Lipinski definition) is 0. The second-order valence-corrected chi connectivity index (χ2v) is 11.1. The van der Waals surface area contributed by atoms with Gasteiger partial charge in [-0.15, -0.1) is 0 Å². The standard InChI is InChI=1S/C40H26N4/c1-4-14-27(15-5-1)29-24-34(28-16-6-2-7-17-28)42-37(25-29)44-36-23-13-11-21-32(36)38-40(44)39-33(26-41-38)31-20-10-12-22-35(31)43(39)30-18-8-3-9-19-30/h1-26H. The van der Waals surface area contributed by atoms with E-state index in [4.69, 9.17) is 9.97 Å². The number of pyridine rings is 2. The van der Waals surface area contributed by atoms with Crippen molar-refractivity contribution in [2.24, 2.45) is 0 Å². The molecule has 4 heteroatoms. The molecule has 5 aromatic carbocycles. The van der Waals surface area contributed by atoms with Crippen molar-refractivity contribution in [1.82, 2.24) is 19.1 Å². The van der Waals surface area contributed by atoms with Crippen LogP contribution in [0.4, 0.5) is 0 Å². The first kappa shape index (κ1) is 24.6. The van der Waals surface area contributed by atoms with E-state index in [9.17, 15) is 0 Å². The van der Waals surface area contributed by atoms with E-state index in [2.05, 4.69) is 155 Å². The molecule has 0 fully saturated rings. The molecule has 0 saturated carbocycles. The van der Waals surface area contributed by atoms with Gasteiger partial charge in [-0.3, -0.25) is 9.55 Å². The van der Waals surface area contributed by atoms with Gasteiger partial charge in [0.2, 0.25) is 0 Å². The molecule has 9 aromatic rings. The van der Waals surface area contributed by atoms with Crippen molar-refractivity contribution in [1.29, 1.82) is 0 Å². The fourth-order valence-electron chi connectivity index (χ4n) is 6.60. The molecule has 0 saturated heterocycles. The number of aromatic nitrogens is 4. The van der Waals surface area contributed by atoms with Crippen molar-refractivity contribution < 1.29 is 0 Å². The Morgan fingerprint density at radius 1 is 0.432 bits per heavy atom. The third kappa shape index (κ3) is 3.71. The molecule has 0 amide bonds. The van der Waals surface area contributed by atoms with Crippen molar-refractivity contribution in [2.45, 2.75) is 0 Å². The van der Waals surface area contributed by atoms with Crippen LogP contribution in [-0.2, 0) is 0 Å². The van der Waals surface area contributed by atoms with Gasteiger partial charge < -0.3 is 4.57 Å². The summed E-state index contributed by atoms with van der Waals surface area (Å²) in [5.41, 5.74) is 10.7. The van der Waals surface area contributed by atoms with E-state index in [-0.39, 0.29) is 0 Å². The molecule has 206 valence electrons. The summed E-state index contributed by atoms with van der Waals surface area (Å²) in [6, 6.07) is 53.1. The van der Waals surface area contributed by atoms with Crippen LogP contribution in [-0.4, -0.2) is 19.1 Å². The third-order valence-corrected chi connectivity index (χ3v) is 8.54. The van der Waals surface area contributed by atoms with Gasteiger partial charge in [-0.05, 0) is 47.5 Å². The Morgan fingerprint density at radius 2 is 1.02 bits per heavy atom. The minimum Gasteiger partial charge on any atom is -0.307 e. The molecule has 4 nitrogen and oxygen atoms in total. The van der Waals surface area contributed by atoms with Crippen molar-refractivity contribution >= 4 is 43.7 Å². The first-order chi connectivity index (χ1) is 21.8. The zero-order valence-electron chi connectivity index (χ0n) is 23.8. The topological polar surface area (TPSA) is 35.6 Å². The summed E-state index contributed by atoms with van der Waals surface area (Å²) in [5, 5.41) is 3.39. The second kappa shape index (κ2) is 9.79. The van der Waals surface area contributed by atoms with E-state index < -0.39 is 0 Å². The predicted molar refractivity (Wildman–Crippen MR) is 182 cm³/mol. The van der Waals surface area contributed by atoms with E-state index in [0.717, 1.165) is 72.2 Å². The number of hydrogen-bond acceptors (Lipinski definition) is 2. The van der Waals surface area contributed by atoms with Crippen LogP contribution >= 0.6 is 0 Å². The molecule has 4 heterocycles. The van der Waals surface area contributed by atoms with Crippen LogP contribution in [0.1, 0.15) is 0 Å². The molecule has 0 aliphatic rings. The lowest BCUT2D eigenvalue weighted by atomic mass is 10.0. The Balaban J connectivity index is 1.48. The van der Waals surface area contributed by atoms with E-state index in [1.54, 1.807) is 0 Å². The minimum absolute atomic E-state index is 0.857. The summed E-state index contributed by atoms with van der Waals surface area (Å²) < 4.78 is 4.69. The monoisotopic (exact) mass is 562 g/mol. The average molecular weight is 563 g/mol. The van der Waals surface area contributed by atoms with Crippen molar-refractivity contribution in [2.75, 3.05) is 0 Å². The Kier molecular flexibility index (Phi) is 5.47. The smallest absolute Gasteiger partial charge is 0.139 e. The molecular formula is C40H26N4. The van der Waals surface area contributed by atoms with E-state index in [1.807, 2.05) is 12.3 Å². The highest BCUT2D eigenvalue weighted by molar-refractivity contribution is 6.22. The maximum absolute atomic E-state index is 5.36. The molecule has 0 aliphatic carbocycles. The lowest BCUT2D eigenvalue weighted by Gasteiger charge is -2.14. The van der Waals surface area contributed by atoms with Crippen LogP contribution < -0.4 is 0 Å². The molecule has 4 aromatic heterocycles. The van der Waals surface area contributed by atoms with Crippen LogP contribution in [0.3, 0.4) is 0 Å². The zero-order valence-corrected chi connectivity index (χ0v) is 23.8. The molecule has 44 heavy (non-hydrogen) atoms. The number of fused-ring (bicyclic) bond motifs is 7. The summed E-state index contributed by atoms with van der Waals surface area (Å²) in [4.78, 5) is 10.5. The van der Waals surface area contributed by atoms with Crippen LogP contribution in [0.2, 0.25) is 0 Å². The van der Waals surface area contributed by atoms with Crippen LogP contribution in [0.5, 0.6) is 0 Å². The summed E-state index contributed by atoms with van der Waals surface area (Å²) in [7, 11) is 0. The number of rotatable bonds is 4. The van der Waals surface area contributed by atoms with E-state index >= 15 is 0 Å². The average Bonchev–Trinajstić information content (AvgIpc) is 3.62. The Morgan fingerprint density at radius 3 is 1.75 bits per heavy atom. The minimum atomic E-state index is 0.857. The Labute approximate surface area is 254 Å². The lowest BCUT2D eigenvalue weighted by Crippen LogP contribution is -2.02. The molecule has 9 rings (SSSR count). The summed E-state index contributed by atoms with van der Waals surface area (Å²) in [6.45, 7) is 0. The first-order valence-electron chi connectivity index (χ1n) is 14.9. The summed E-state index contributed by atoms with van der Waals surface area (Å²) in [5.74, 6) is 0.857. The zero-order chi connectivity index (χ0) is 29.0. The quantitative estimate of drug-likeness (QED) is 0.214. The van der Waals surface area contributed by atoms with Gasteiger partial charge in [-0.2, -0.15) is 0 Å². The largest absolute Gasteiger partial charge is 0.307 e. The van der Waals surface area contributed by atoms with Crippen LogP contribution in [0.15, 0.2) is 158 Å². The fourth-order valence-corrected chi connectivity index (χ4v) is 6.60. The molecule has 0 bridgehead atoms. The van der Waals surface area contributed by atoms with Gasteiger partial charge in [-0.25, -0.2) is 4.98 Å². The molecule has 0 aliphatic heterocycles. The molecule has 0 N–H and O–H groups in total. The van der Waals surface area contributed by atoms with Gasteiger partial charge in [0.05, 0.1) is 33.3 Å². The van der Waals surface area contributed by atoms with Gasteiger partial charge in [-0.1, -0.05) is 115 Å². The third-order valence-electron chi connectivity index (χ3n) is 8.54. The van der Waals surface area contributed by atoms with E-state index in [0.29, 0.717) is 0 Å². The van der Waals surface area contributed by atoms with Crippen LogP contribution in [0.25, 0.3) is 77.6 Å². The highest BCUT2D eigenvalue weighted by atomic mass is 15.1. The van der Waals surface area contributed by atoms with Gasteiger partial charge in [0.1, 0.15) is 5.82 Å². The highest BCUT2D eigenvalue weighted by Gasteiger charge is 2.23. The Bertz CT molecular complexity index is 2420. The van der Waals surface area contributed by atoms with Gasteiger partial charge in [0.25, 0.3) is 0 Å². The Hall–Kier alpha value is -6.00. The fraction of sp³-hybridized carbons (Fsp3) is 0. The number of para-hydroxylation sites is 3. The molecule has 0 atom stereocenters. The van der Waals surface area contributed by atoms with Crippen molar-refractivity contribution in [3.8, 4) is 33.9 Å². The molecular weight excluding hydrogens is 536 g/mol. The normalized spacial score (nSPS) is 11.6. The number of benzene rings is 5. The maximum Gasteiger partial charge on any atom is 0.139 e. The van der Waals surface area contributed by atoms with Gasteiger partial charge in [0, 0.05) is 33.6 Å². The first-order valence-corrected chi connectivity index (χ1v) is 14.9. The molecule has 0 spiro atoms.